The second kappa shape index (κ2) is 6.68. The summed E-state index contributed by atoms with van der Waals surface area (Å²) in [7, 11) is 0. The number of nitrogens with zero attached hydrogens (tertiary/aromatic N) is 2. The summed E-state index contributed by atoms with van der Waals surface area (Å²) in [5.74, 6) is -0.229. The zero-order chi connectivity index (χ0) is 19.2. The van der Waals surface area contributed by atoms with Crippen LogP contribution in [0.2, 0.25) is 0 Å². The van der Waals surface area contributed by atoms with Gasteiger partial charge in [0.15, 0.2) is 0 Å². The van der Waals surface area contributed by atoms with Crippen molar-refractivity contribution in [1.29, 1.82) is 0 Å². The maximum Gasteiger partial charge on any atom is 0.263 e. The SMILES string of the molecule is Cc1cc(C)c(NC(=O)C(C)n2cnc3sc(C)c(C)c3c2=O)c(C)c1. The molecule has 1 aromatic carbocycles. The van der Waals surface area contributed by atoms with Crippen molar-refractivity contribution in [3.8, 4) is 0 Å². The highest BCUT2D eigenvalue weighted by Crippen LogP contribution is 2.26. The van der Waals surface area contributed by atoms with Crippen molar-refractivity contribution in [2.24, 2.45) is 0 Å². The third-order valence-electron chi connectivity index (χ3n) is 4.84. The number of nitrogens with one attached hydrogen (secondary N) is 1. The molecular weight excluding hydrogens is 346 g/mol. The first-order chi connectivity index (χ1) is 12.2. The van der Waals surface area contributed by atoms with E-state index in [1.807, 2.05) is 46.8 Å². The molecule has 0 saturated carbocycles. The molecule has 0 saturated heterocycles. The third-order valence-corrected chi connectivity index (χ3v) is 5.95. The minimum atomic E-state index is -0.654. The second-order valence-corrected chi connectivity index (χ2v) is 8.06. The molecular formula is C20H23N3O2S. The van der Waals surface area contributed by atoms with Gasteiger partial charge in [0.2, 0.25) is 5.91 Å². The molecule has 136 valence electrons. The molecule has 26 heavy (non-hydrogen) atoms. The molecule has 0 radical (unpaired) electrons. The molecule has 0 aliphatic heterocycles. The van der Waals surface area contributed by atoms with Crippen molar-refractivity contribution in [2.45, 2.75) is 47.6 Å². The van der Waals surface area contributed by atoms with Crippen molar-refractivity contribution in [3.05, 3.63) is 55.9 Å². The summed E-state index contributed by atoms with van der Waals surface area (Å²) in [6.45, 7) is 11.6. The number of carbonyl (C=O) groups excluding carboxylic acids is 1. The highest BCUT2D eigenvalue weighted by molar-refractivity contribution is 7.18. The molecule has 0 bridgehead atoms. The van der Waals surface area contributed by atoms with E-state index in [2.05, 4.69) is 10.3 Å². The van der Waals surface area contributed by atoms with Crippen molar-refractivity contribution >= 4 is 33.1 Å². The smallest absolute Gasteiger partial charge is 0.263 e. The van der Waals surface area contributed by atoms with Gasteiger partial charge in [-0.1, -0.05) is 17.7 Å². The average Bonchev–Trinajstić information content (AvgIpc) is 2.85. The van der Waals surface area contributed by atoms with Crippen LogP contribution in [0.5, 0.6) is 0 Å². The summed E-state index contributed by atoms with van der Waals surface area (Å²) in [6, 6.07) is 3.41. The number of rotatable bonds is 3. The molecule has 2 aromatic heterocycles. The number of hydrogen-bond acceptors (Lipinski definition) is 4. The zero-order valence-electron chi connectivity index (χ0n) is 15.9. The maximum atomic E-state index is 12.9. The molecule has 1 N–H and O–H groups in total. The average molecular weight is 369 g/mol. The number of anilines is 1. The molecule has 1 atom stereocenters. The van der Waals surface area contributed by atoms with E-state index in [9.17, 15) is 9.59 Å². The van der Waals surface area contributed by atoms with Gasteiger partial charge in [0, 0.05) is 10.6 Å². The third kappa shape index (κ3) is 3.05. The van der Waals surface area contributed by atoms with Gasteiger partial charge in [-0.15, -0.1) is 11.3 Å². The first-order valence-corrected chi connectivity index (χ1v) is 9.38. The minimum Gasteiger partial charge on any atom is -0.324 e. The van der Waals surface area contributed by atoms with E-state index >= 15 is 0 Å². The Morgan fingerprint density at radius 2 is 1.77 bits per heavy atom. The Hall–Kier alpha value is -2.47. The summed E-state index contributed by atoms with van der Waals surface area (Å²) in [5, 5.41) is 3.58. The van der Waals surface area contributed by atoms with E-state index in [1.165, 1.54) is 22.2 Å². The fraction of sp³-hybridized carbons (Fsp3) is 0.350. The fourth-order valence-electron chi connectivity index (χ4n) is 3.26. The lowest BCUT2D eigenvalue weighted by Crippen LogP contribution is -2.32. The molecule has 6 heteroatoms. The summed E-state index contributed by atoms with van der Waals surface area (Å²) in [4.78, 5) is 31.9. The van der Waals surface area contributed by atoms with Crippen LogP contribution in [0.1, 0.15) is 40.1 Å². The Labute approximate surface area is 156 Å². The van der Waals surface area contributed by atoms with Gasteiger partial charge in [-0.2, -0.15) is 0 Å². The van der Waals surface area contributed by atoms with E-state index in [4.69, 9.17) is 0 Å². The summed E-state index contributed by atoms with van der Waals surface area (Å²) in [6.07, 6.45) is 1.47. The van der Waals surface area contributed by atoms with Gasteiger partial charge in [0.05, 0.1) is 11.7 Å². The Morgan fingerprint density at radius 1 is 1.15 bits per heavy atom. The normalized spacial score (nSPS) is 12.4. The standard InChI is InChI=1S/C20H23N3O2S/c1-10-7-11(2)17(12(3)8-10)22-18(24)14(5)23-9-21-19-16(20(23)25)13(4)15(6)26-19/h7-9,14H,1-6H3,(H,22,24). The van der Waals surface area contributed by atoms with Crippen molar-refractivity contribution in [1.82, 2.24) is 9.55 Å². The molecule has 0 fully saturated rings. The topological polar surface area (TPSA) is 64.0 Å². The molecule has 0 spiro atoms. The minimum absolute atomic E-state index is 0.170. The highest BCUT2D eigenvalue weighted by Gasteiger charge is 2.21. The molecule has 1 unspecified atom stereocenters. The lowest BCUT2D eigenvalue weighted by Gasteiger charge is -2.18. The van der Waals surface area contributed by atoms with Gasteiger partial charge in [-0.25, -0.2) is 4.98 Å². The lowest BCUT2D eigenvalue weighted by molar-refractivity contribution is -0.118. The van der Waals surface area contributed by atoms with Crippen LogP contribution in [0, 0.1) is 34.6 Å². The molecule has 1 amide bonds. The Bertz CT molecular complexity index is 1060. The monoisotopic (exact) mass is 369 g/mol. The zero-order valence-corrected chi connectivity index (χ0v) is 16.7. The first kappa shape index (κ1) is 18.3. The lowest BCUT2D eigenvalue weighted by atomic mass is 10.0. The summed E-state index contributed by atoms with van der Waals surface area (Å²) < 4.78 is 1.41. The number of thiophene rings is 1. The van der Waals surface area contributed by atoms with Crippen LogP contribution in [-0.2, 0) is 4.79 Å². The summed E-state index contributed by atoms with van der Waals surface area (Å²) >= 11 is 1.50. The van der Waals surface area contributed by atoms with Crippen LogP contribution in [0.25, 0.3) is 10.2 Å². The second-order valence-electron chi connectivity index (χ2n) is 6.86. The van der Waals surface area contributed by atoms with Gasteiger partial charge in [0.1, 0.15) is 10.9 Å². The van der Waals surface area contributed by atoms with Crippen molar-refractivity contribution < 1.29 is 4.79 Å². The number of aryl methyl sites for hydroxylation is 5. The van der Waals surface area contributed by atoms with E-state index in [1.54, 1.807) is 6.92 Å². The highest BCUT2D eigenvalue weighted by atomic mass is 32.1. The maximum absolute atomic E-state index is 12.9. The molecule has 2 heterocycles. The number of fused-ring (bicyclic) bond motifs is 1. The Balaban J connectivity index is 1.97. The van der Waals surface area contributed by atoms with Crippen LogP contribution in [-0.4, -0.2) is 15.5 Å². The quantitative estimate of drug-likeness (QED) is 0.752. The van der Waals surface area contributed by atoms with Gasteiger partial charge in [-0.3, -0.25) is 14.2 Å². The van der Waals surface area contributed by atoms with Crippen LogP contribution in [0.4, 0.5) is 5.69 Å². The number of aromatic nitrogens is 2. The van der Waals surface area contributed by atoms with Crippen molar-refractivity contribution in [2.75, 3.05) is 5.32 Å². The van der Waals surface area contributed by atoms with Gasteiger partial charge in [0.25, 0.3) is 5.56 Å². The molecule has 3 rings (SSSR count). The molecule has 3 aromatic rings. The van der Waals surface area contributed by atoms with Gasteiger partial charge < -0.3 is 5.32 Å². The number of amides is 1. The van der Waals surface area contributed by atoms with Crippen LogP contribution in [0.3, 0.4) is 0 Å². The van der Waals surface area contributed by atoms with E-state index in [0.717, 1.165) is 37.6 Å². The van der Waals surface area contributed by atoms with Crippen molar-refractivity contribution in [3.63, 3.8) is 0 Å². The van der Waals surface area contributed by atoms with E-state index in [0.29, 0.717) is 5.39 Å². The van der Waals surface area contributed by atoms with Crippen LogP contribution in [0.15, 0.2) is 23.3 Å². The first-order valence-electron chi connectivity index (χ1n) is 8.56. The van der Waals surface area contributed by atoms with Crippen LogP contribution < -0.4 is 10.9 Å². The molecule has 0 aliphatic carbocycles. The predicted molar refractivity (Wildman–Crippen MR) is 107 cm³/mol. The summed E-state index contributed by atoms with van der Waals surface area (Å²) in [5.41, 5.74) is 4.74. The molecule has 5 nitrogen and oxygen atoms in total. The van der Waals surface area contributed by atoms with E-state index in [-0.39, 0.29) is 11.5 Å². The van der Waals surface area contributed by atoms with Gasteiger partial charge in [-0.05, 0) is 58.2 Å². The Kier molecular flexibility index (Phi) is 4.71. The molecule has 0 aliphatic rings. The van der Waals surface area contributed by atoms with Gasteiger partial charge >= 0.3 is 0 Å². The number of hydrogen-bond donors (Lipinski definition) is 1. The Morgan fingerprint density at radius 3 is 2.38 bits per heavy atom. The van der Waals surface area contributed by atoms with Crippen LogP contribution >= 0.6 is 11.3 Å². The van der Waals surface area contributed by atoms with E-state index < -0.39 is 6.04 Å². The number of carbonyl (C=O) groups is 1. The largest absolute Gasteiger partial charge is 0.324 e. The number of benzene rings is 1. The predicted octanol–water partition coefficient (Wildman–Crippen LogP) is 4.20. The fourth-order valence-corrected chi connectivity index (χ4v) is 4.24.